The minimum absolute atomic E-state index is 0.117. The van der Waals surface area contributed by atoms with Crippen molar-refractivity contribution in [3.63, 3.8) is 0 Å². The van der Waals surface area contributed by atoms with Crippen molar-refractivity contribution in [2.24, 2.45) is 5.41 Å². The predicted molar refractivity (Wildman–Crippen MR) is 66.0 cm³/mol. The summed E-state index contributed by atoms with van der Waals surface area (Å²) in [6.07, 6.45) is 0.628. The van der Waals surface area contributed by atoms with Gasteiger partial charge >= 0.3 is 0 Å². The maximum atomic E-state index is 13.8. The van der Waals surface area contributed by atoms with E-state index < -0.39 is 5.41 Å². The standard InChI is InChI=1S/C14H18FNO2/c1-14(2,3)13(17)16-12(8-9-18-16)10-6-4-5-7-11(10)15/h4-7,12H,8-9H2,1-3H3/t12-/m1/s1. The maximum absolute atomic E-state index is 13.8. The highest BCUT2D eigenvalue weighted by molar-refractivity contribution is 5.81. The van der Waals surface area contributed by atoms with Gasteiger partial charge in [-0.05, 0) is 6.07 Å². The Morgan fingerprint density at radius 1 is 1.39 bits per heavy atom. The third-order valence-corrected chi connectivity index (χ3v) is 3.01. The average molecular weight is 251 g/mol. The third-order valence-electron chi connectivity index (χ3n) is 3.01. The highest BCUT2D eigenvalue weighted by Crippen LogP contribution is 2.34. The first kappa shape index (κ1) is 13.0. The third kappa shape index (κ3) is 2.38. The van der Waals surface area contributed by atoms with E-state index in [-0.39, 0.29) is 17.8 Å². The van der Waals surface area contributed by atoms with Gasteiger partial charge in [-0.1, -0.05) is 39.0 Å². The molecule has 0 aromatic heterocycles. The average Bonchev–Trinajstić information content (AvgIpc) is 2.76. The first-order valence-corrected chi connectivity index (χ1v) is 6.12. The van der Waals surface area contributed by atoms with Gasteiger partial charge < -0.3 is 0 Å². The van der Waals surface area contributed by atoms with Crippen LogP contribution in [0.5, 0.6) is 0 Å². The Hall–Kier alpha value is -1.42. The van der Waals surface area contributed by atoms with Crippen LogP contribution in [0.25, 0.3) is 0 Å². The zero-order valence-corrected chi connectivity index (χ0v) is 10.9. The fourth-order valence-corrected chi connectivity index (χ4v) is 2.03. The lowest BCUT2D eigenvalue weighted by Gasteiger charge is -2.29. The topological polar surface area (TPSA) is 29.5 Å². The Labute approximate surface area is 106 Å². The second kappa shape index (κ2) is 4.69. The lowest BCUT2D eigenvalue weighted by atomic mass is 9.94. The first-order chi connectivity index (χ1) is 8.41. The molecule has 4 heteroatoms. The molecule has 1 aromatic rings. The quantitative estimate of drug-likeness (QED) is 0.767. The van der Waals surface area contributed by atoms with Gasteiger partial charge in [0.2, 0.25) is 0 Å². The summed E-state index contributed by atoms with van der Waals surface area (Å²) in [4.78, 5) is 17.6. The molecule has 0 spiro atoms. The van der Waals surface area contributed by atoms with Gasteiger partial charge in [-0.15, -0.1) is 0 Å². The molecular weight excluding hydrogens is 233 g/mol. The molecule has 98 valence electrons. The molecule has 1 aliphatic heterocycles. The number of hydroxylamine groups is 2. The van der Waals surface area contributed by atoms with Crippen LogP contribution in [0.1, 0.15) is 38.8 Å². The summed E-state index contributed by atoms with van der Waals surface area (Å²) >= 11 is 0. The fourth-order valence-electron chi connectivity index (χ4n) is 2.03. The molecule has 0 bridgehead atoms. The fraction of sp³-hybridized carbons (Fsp3) is 0.500. The Kier molecular flexibility index (Phi) is 3.39. The van der Waals surface area contributed by atoms with E-state index in [4.69, 9.17) is 4.84 Å². The first-order valence-electron chi connectivity index (χ1n) is 6.12. The molecule has 1 heterocycles. The SMILES string of the molecule is CC(C)(C)C(=O)N1OCC[C@@H]1c1ccccc1F. The Bertz CT molecular complexity index is 453. The summed E-state index contributed by atoms with van der Waals surface area (Å²) in [6.45, 7) is 5.93. The number of benzene rings is 1. The second-order valence-electron chi connectivity index (χ2n) is 5.54. The molecule has 1 aliphatic rings. The lowest BCUT2D eigenvalue weighted by Crippen LogP contribution is -2.38. The van der Waals surface area contributed by atoms with Crippen molar-refractivity contribution in [2.45, 2.75) is 33.2 Å². The molecule has 1 saturated heterocycles. The summed E-state index contributed by atoms with van der Waals surface area (Å²) in [6, 6.07) is 6.21. The summed E-state index contributed by atoms with van der Waals surface area (Å²) in [5, 5.41) is 1.33. The molecule has 1 amide bonds. The van der Waals surface area contributed by atoms with Gasteiger partial charge in [0.1, 0.15) is 5.82 Å². The van der Waals surface area contributed by atoms with E-state index >= 15 is 0 Å². The van der Waals surface area contributed by atoms with Crippen molar-refractivity contribution in [1.29, 1.82) is 0 Å². The van der Waals surface area contributed by atoms with Crippen molar-refractivity contribution in [2.75, 3.05) is 6.61 Å². The molecule has 1 atom stereocenters. The number of carbonyl (C=O) groups is 1. The number of carbonyl (C=O) groups excluding carboxylic acids is 1. The summed E-state index contributed by atoms with van der Waals surface area (Å²) in [5.41, 5.74) is -0.0130. The molecule has 0 saturated carbocycles. The smallest absolute Gasteiger partial charge is 0.252 e. The zero-order chi connectivity index (χ0) is 13.3. The molecule has 1 aromatic carbocycles. The molecule has 0 aliphatic carbocycles. The minimum Gasteiger partial charge on any atom is -0.272 e. The second-order valence-corrected chi connectivity index (χ2v) is 5.54. The van der Waals surface area contributed by atoms with E-state index in [0.717, 1.165) is 0 Å². The minimum atomic E-state index is -0.534. The van der Waals surface area contributed by atoms with Gasteiger partial charge in [0.15, 0.2) is 0 Å². The maximum Gasteiger partial charge on any atom is 0.252 e. The highest BCUT2D eigenvalue weighted by Gasteiger charge is 2.38. The van der Waals surface area contributed by atoms with E-state index in [0.29, 0.717) is 18.6 Å². The number of amides is 1. The molecule has 0 N–H and O–H groups in total. The molecule has 1 fully saturated rings. The Balaban J connectivity index is 2.29. The number of hydrogen-bond acceptors (Lipinski definition) is 2. The van der Waals surface area contributed by atoms with Crippen molar-refractivity contribution in [3.8, 4) is 0 Å². The molecule has 2 rings (SSSR count). The largest absolute Gasteiger partial charge is 0.272 e. The van der Waals surface area contributed by atoms with Gasteiger partial charge in [0.05, 0.1) is 12.6 Å². The summed E-state index contributed by atoms with van der Waals surface area (Å²) in [7, 11) is 0. The van der Waals surface area contributed by atoms with Gasteiger partial charge in [-0.2, -0.15) is 0 Å². The molecule has 3 nitrogen and oxygen atoms in total. The van der Waals surface area contributed by atoms with Crippen molar-refractivity contribution >= 4 is 5.91 Å². The molecule has 0 unspecified atom stereocenters. The van der Waals surface area contributed by atoms with E-state index in [9.17, 15) is 9.18 Å². The summed E-state index contributed by atoms with van der Waals surface area (Å²) in [5.74, 6) is -0.409. The lowest BCUT2D eigenvalue weighted by molar-refractivity contribution is -0.186. The summed E-state index contributed by atoms with van der Waals surface area (Å²) < 4.78 is 13.8. The van der Waals surface area contributed by atoms with E-state index in [1.165, 1.54) is 11.1 Å². The monoisotopic (exact) mass is 251 g/mol. The molecular formula is C14H18FNO2. The Morgan fingerprint density at radius 3 is 2.67 bits per heavy atom. The Morgan fingerprint density at radius 2 is 2.06 bits per heavy atom. The van der Waals surface area contributed by atoms with Crippen LogP contribution in [0.4, 0.5) is 4.39 Å². The van der Waals surface area contributed by atoms with Crippen LogP contribution in [0, 0.1) is 11.2 Å². The van der Waals surface area contributed by atoms with Gasteiger partial charge in [0, 0.05) is 17.4 Å². The van der Waals surface area contributed by atoms with Crippen LogP contribution in [-0.4, -0.2) is 17.6 Å². The number of rotatable bonds is 1. The predicted octanol–water partition coefficient (Wildman–Crippen LogP) is 3.08. The van der Waals surface area contributed by atoms with Crippen LogP contribution in [0.2, 0.25) is 0 Å². The van der Waals surface area contributed by atoms with E-state index in [2.05, 4.69) is 0 Å². The van der Waals surface area contributed by atoms with Crippen LogP contribution < -0.4 is 0 Å². The molecule has 0 radical (unpaired) electrons. The van der Waals surface area contributed by atoms with Gasteiger partial charge in [-0.3, -0.25) is 9.63 Å². The number of hydrogen-bond donors (Lipinski definition) is 0. The number of nitrogens with zero attached hydrogens (tertiary/aromatic N) is 1. The van der Waals surface area contributed by atoms with Crippen LogP contribution in [0.3, 0.4) is 0 Å². The van der Waals surface area contributed by atoms with Crippen molar-refractivity contribution < 1.29 is 14.0 Å². The number of halogens is 1. The van der Waals surface area contributed by atoms with Gasteiger partial charge in [0.25, 0.3) is 5.91 Å². The van der Waals surface area contributed by atoms with Crippen LogP contribution in [-0.2, 0) is 9.63 Å². The zero-order valence-electron chi connectivity index (χ0n) is 10.9. The van der Waals surface area contributed by atoms with E-state index in [1.807, 2.05) is 20.8 Å². The van der Waals surface area contributed by atoms with E-state index in [1.54, 1.807) is 18.2 Å². The normalized spacial score (nSPS) is 20.2. The van der Waals surface area contributed by atoms with Crippen LogP contribution in [0.15, 0.2) is 24.3 Å². The van der Waals surface area contributed by atoms with Gasteiger partial charge in [-0.25, -0.2) is 9.45 Å². The highest BCUT2D eigenvalue weighted by atomic mass is 19.1. The van der Waals surface area contributed by atoms with Crippen molar-refractivity contribution in [1.82, 2.24) is 5.06 Å². The molecule has 18 heavy (non-hydrogen) atoms. The van der Waals surface area contributed by atoms with Crippen molar-refractivity contribution in [3.05, 3.63) is 35.6 Å². The van der Waals surface area contributed by atoms with Crippen LogP contribution >= 0.6 is 0 Å².